The molecule has 0 aliphatic heterocycles. The van der Waals surface area contributed by atoms with Gasteiger partial charge in [-0.1, -0.05) is 62.4 Å². The fourth-order valence-corrected chi connectivity index (χ4v) is 2.03. The second-order valence-corrected chi connectivity index (χ2v) is 4.39. The Morgan fingerprint density at radius 1 is 0.875 bits per heavy atom. The Morgan fingerprint density at radius 3 is 2.19 bits per heavy atom. The zero-order valence-corrected chi connectivity index (χ0v) is 9.90. The van der Waals surface area contributed by atoms with Crippen LogP contribution in [-0.2, 0) is 0 Å². The molecule has 0 atom stereocenters. The highest BCUT2D eigenvalue weighted by atomic mass is 14.1. The van der Waals surface area contributed by atoms with Crippen LogP contribution in [0.25, 0.3) is 11.1 Å². The average Bonchev–Trinajstić information content (AvgIpc) is 2.30. The molecule has 0 aliphatic carbocycles. The molecule has 0 fully saturated rings. The zero-order chi connectivity index (χ0) is 11.5. The molecule has 1 radical (unpaired) electrons. The third kappa shape index (κ3) is 2.01. The van der Waals surface area contributed by atoms with Gasteiger partial charge in [-0.2, -0.15) is 0 Å². The molecule has 0 heteroatoms. The van der Waals surface area contributed by atoms with E-state index in [0.717, 1.165) is 5.56 Å². The summed E-state index contributed by atoms with van der Waals surface area (Å²) in [4.78, 5) is 0. The maximum absolute atomic E-state index is 4.22. The van der Waals surface area contributed by atoms with Gasteiger partial charge < -0.3 is 0 Å². The van der Waals surface area contributed by atoms with Crippen molar-refractivity contribution in [1.82, 2.24) is 0 Å². The van der Waals surface area contributed by atoms with Crippen molar-refractivity contribution in [3.05, 3.63) is 66.6 Å². The first kappa shape index (κ1) is 10.9. The topological polar surface area (TPSA) is 0 Å². The molecule has 0 aliphatic rings. The molecule has 2 aromatic carbocycles. The summed E-state index contributed by atoms with van der Waals surface area (Å²) in [6, 6.07) is 16.9. The third-order valence-electron chi connectivity index (χ3n) is 2.92. The van der Waals surface area contributed by atoms with Gasteiger partial charge in [-0.25, -0.2) is 0 Å². The van der Waals surface area contributed by atoms with Crippen LogP contribution in [0.5, 0.6) is 0 Å². The van der Waals surface area contributed by atoms with Crippen molar-refractivity contribution in [2.75, 3.05) is 0 Å². The second-order valence-electron chi connectivity index (χ2n) is 4.39. The standard InChI is InChI=1S/C16H17/c1-12(2)15-10-7-11-16(13(15)3)14-8-5-4-6-9-14/h4-12H,3H2,1-2H3. The summed E-state index contributed by atoms with van der Waals surface area (Å²) in [5.74, 6) is 0.524. The monoisotopic (exact) mass is 209 g/mol. The number of hydrogen-bond acceptors (Lipinski definition) is 0. The molecule has 0 bridgehead atoms. The number of benzene rings is 2. The highest BCUT2D eigenvalue weighted by molar-refractivity contribution is 5.69. The molecule has 0 saturated carbocycles. The molecule has 0 aromatic heterocycles. The molecule has 0 spiro atoms. The van der Waals surface area contributed by atoms with Gasteiger partial charge in [0.15, 0.2) is 0 Å². The first-order chi connectivity index (χ1) is 7.70. The lowest BCUT2D eigenvalue weighted by Gasteiger charge is -2.13. The van der Waals surface area contributed by atoms with Crippen molar-refractivity contribution in [3.63, 3.8) is 0 Å². The van der Waals surface area contributed by atoms with E-state index in [1.54, 1.807) is 0 Å². The minimum absolute atomic E-state index is 0.524. The van der Waals surface area contributed by atoms with Gasteiger partial charge in [-0.15, -0.1) is 0 Å². The molecule has 0 saturated heterocycles. The van der Waals surface area contributed by atoms with E-state index in [4.69, 9.17) is 0 Å². The van der Waals surface area contributed by atoms with Gasteiger partial charge in [0.05, 0.1) is 0 Å². The van der Waals surface area contributed by atoms with E-state index >= 15 is 0 Å². The van der Waals surface area contributed by atoms with Gasteiger partial charge in [0.2, 0.25) is 0 Å². The Morgan fingerprint density at radius 2 is 1.56 bits per heavy atom. The smallest absolute Gasteiger partial charge is 0.0149 e. The summed E-state index contributed by atoms with van der Waals surface area (Å²) < 4.78 is 0. The normalized spacial score (nSPS) is 10.8. The van der Waals surface area contributed by atoms with Crippen LogP contribution in [0.15, 0.2) is 48.5 Å². The molecule has 2 rings (SSSR count). The van der Waals surface area contributed by atoms with Crippen molar-refractivity contribution in [3.8, 4) is 11.1 Å². The Balaban J connectivity index is 2.55. The summed E-state index contributed by atoms with van der Waals surface area (Å²) >= 11 is 0. The van der Waals surface area contributed by atoms with Gasteiger partial charge in [0, 0.05) is 0 Å². The third-order valence-corrected chi connectivity index (χ3v) is 2.92. The average molecular weight is 209 g/mol. The number of rotatable bonds is 2. The van der Waals surface area contributed by atoms with E-state index in [1.165, 1.54) is 16.7 Å². The fraction of sp³-hybridized carbons (Fsp3) is 0.188. The van der Waals surface area contributed by atoms with Gasteiger partial charge in [0.25, 0.3) is 0 Å². The predicted molar refractivity (Wildman–Crippen MR) is 70.4 cm³/mol. The Bertz CT molecular complexity index is 467. The summed E-state index contributed by atoms with van der Waals surface area (Å²) in [5.41, 5.74) is 4.98. The first-order valence-electron chi connectivity index (χ1n) is 5.70. The van der Waals surface area contributed by atoms with Gasteiger partial charge in [-0.3, -0.25) is 0 Å². The lowest BCUT2D eigenvalue weighted by Crippen LogP contribution is -1.94. The molecule has 2 aromatic rings. The van der Waals surface area contributed by atoms with Crippen LogP contribution in [-0.4, -0.2) is 0 Å². The summed E-state index contributed by atoms with van der Waals surface area (Å²) in [5, 5.41) is 0. The van der Waals surface area contributed by atoms with Crippen molar-refractivity contribution < 1.29 is 0 Å². The summed E-state index contributed by atoms with van der Waals surface area (Å²) in [7, 11) is 0. The second kappa shape index (κ2) is 4.52. The van der Waals surface area contributed by atoms with E-state index < -0.39 is 0 Å². The quantitative estimate of drug-likeness (QED) is 0.674. The van der Waals surface area contributed by atoms with Gasteiger partial charge in [-0.05, 0) is 35.1 Å². The molecular weight excluding hydrogens is 192 g/mol. The van der Waals surface area contributed by atoms with Crippen LogP contribution < -0.4 is 0 Å². The first-order valence-corrected chi connectivity index (χ1v) is 5.70. The Kier molecular flexibility index (Phi) is 3.09. The van der Waals surface area contributed by atoms with E-state index in [9.17, 15) is 0 Å². The van der Waals surface area contributed by atoms with E-state index in [1.807, 2.05) is 6.07 Å². The maximum Gasteiger partial charge on any atom is -0.0149 e. The van der Waals surface area contributed by atoms with Crippen molar-refractivity contribution >= 4 is 0 Å². The van der Waals surface area contributed by atoms with E-state index in [0.29, 0.717) is 5.92 Å². The largest absolute Gasteiger partial charge is 0.0622 e. The van der Waals surface area contributed by atoms with E-state index in [2.05, 4.69) is 63.2 Å². The van der Waals surface area contributed by atoms with Crippen LogP contribution in [0.3, 0.4) is 0 Å². The highest BCUT2D eigenvalue weighted by Crippen LogP contribution is 2.28. The predicted octanol–water partition coefficient (Wildman–Crippen LogP) is 4.66. The zero-order valence-electron chi connectivity index (χ0n) is 9.90. The molecular formula is C16H17. The molecule has 0 N–H and O–H groups in total. The molecule has 0 nitrogen and oxygen atoms in total. The van der Waals surface area contributed by atoms with Crippen LogP contribution in [0.4, 0.5) is 0 Å². The van der Waals surface area contributed by atoms with Crippen LogP contribution in [0, 0.1) is 6.92 Å². The van der Waals surface area contributed by atoms with E-state index in [-0.39, 0.29) is 0 Å². The molecule has 0 heterocycles. The van der Waals surface area contributed by atoms with Gasteiger partial charge >= 0.3 is 0 Å². The SMILES string of the molecule is [CH2]c1c(-c2ccccc2)cccc1C(C)C. The highest BCUT2D eigenvalue weighted by Gasteiger charge is 2.07. The van der Waals surface area contributed by atoms with Crippen LogP contribution >= 0.6 is 0 Å². The van der Waals surface area contributed by atoms with Crippen LogP contribution in [0.2, 0.25) is 0 Å². The lowest BCUT2D eigenvalue weighted by atomic mass is 9.91. The van der Waals surface area contributed by atoms with Crippen molar-refractivity contribution in [1.29, 1.82) is 0 Å². The van der Waals surface area contributed by atoms with Crippen molar-refractivity contribution in [2.45, 2.75) is 19.8 Å². The maximum atomic E-state index is 4.22. The van der Waals surface area contributed by atoms with Gasteiger partial charge in [0.1, 0.15) is 0 Å². The molecule has 81 valence electrons. The Labute approximate surface area is 97.9 Å². The molecule has 16 heavy (non-hydrogen) atoms. The minimum atomic E-state index is 0.524. The molecule has 0 unspecified atom stereocenters. The lowest BCUT2D eigenvalue weighted by molar-refractivity contribution is 0.862. The molecule has 0 amide bonds. The minimum Gasteiger partial charge on any atom is -0.0622 e. The number of hydrogen-bond donors (Lipinski definition) is 0. The summed E-state index contributed by atoms with van der Waals surface area (Å²) in [6.07, 6.45) is 0. The van der Waals surface area contributed by atoms with Crippen LogP contribution in [0.1, 0.15) is 30.9 Å². The fourth-order valence-electron chi connectivity index (χ4n) is 2.03. The Hall–Kier alpha value is -1.56. The summed E-state index contributed by atoms with van der Waals surface area (Å²) in [6.45, 7) is 8.63. The van der Waals surface area contributed by atoms with Crippen molar-refractivity contribution in [2.24, 2.45) is 0 Å².